The van der Waals surface area contributed by atoms with E-state index in [1.165, 1.54) is 0 Å². The topological polar surface area (TPSA) is 64.0 Å². The van der Waals surface area contributed by atoms with E-state index in [1.807, 2.05) is 69.6 Å². The molecule has 0 bridgehead atoms. The number of rotatable bonds is 5. The molecule has 0 saturated carbocycles. The van der Waals surface area contributed by atoms with Gasteiger partial charge in [-0.25, -0.2) is 8.42 Å². The number of nitrogens with one attached hydrogen (secondary N) is 1. The van der Waals surface area contributed by atoms with Gasteiger partial charge in [-0.15, -0.1) is 0 Å². The minimum Gasteiger partial charge on any atom is -0.280 e. The monoisotopic (exact) mass is 383 g/mol. The second kappa shape index (κ2) is 7.19. The Labute approximate surface area is 161 Å². The summed E-state index contributed by atoms with van der Waals surface area (Å²) in [5, 5.41) is 4.46. The second-order valence-corrected chi connectivity index (χ2v) is 8.73. The third-order valence-electron chi connectivity index (χ3n) is 4.52. The number of anilines is 1. The molecule has 1 N–H and O–H groups in total. The zero-order valence-corrected chi connectivity index (χ0v) is 17.2. The lowest BCUT2D eigenvalue weighted by atomic mass is 10.1. The lowest BCUT2D eigenvalue weighted by molar-refractivity contribution is 0.600. The van der Waals surface area contributed by atoms with Crippen LogP contribution in [0.25, 0.3) is 0 Å². The fraction of sp³-hybridized carbons (Fsp3) is 0.286. The Morgan fingerprint density at radius 2 is 1.52 bits per heavy atom. The maximum Gasteiger partial charge on any atom is 0.262 e. The average molecular weight is 384 g/mol. The summed E-state index contributed by atoms with van der Waals surface area (Å²) in [7, 11) is -3.63. The van der Waals surface area contributed by atoms with E-state index in [-0.39, 0.29) is 0 Å². The first-order chi connectivity index (χ1) is 12.7. The Morgan fingerprint density at radius 1 is 0.926 bits per heavy atom. The van der Waals surface area contributed by atoms with Crippen LogP contribution in [0, 0.1) is 34.6 Å². The molecule has 27 heavy (non-hydrogen) atoms. The molecule has 2 aromatic carbocycles. The molecule has 0 radical (unpaired) electrons. The Bertz CT molecular complexity index is 1060. The minimum atomic E-state index is -3.63. The molecule has 0 unspecified atom stereocenters. The zero-order valence-electron chi connectivity index (χ0n) is 16.4. The third kappa shape index (κ3) is 4.22. The molecule has 1 aromatic heterocycles. The van der Waals surface area contributed by atoms with Gasteiger partial charge in [-0.1, -0.05) is 29.8 Å². The smallest absolute Gasteiger partial charge is 0.262 e. The molecule has 3 aromatic rings. The van der Waals surface area contributed by atoms with Crippen molar-refractivity contribution in [1.82, 2.24) is 9.78 Å². The molecule has 3 rings (SSSR count). The highest BCUT2D eigenvalue weighted by atomic mass is 32.2. The van der Waals surface area contributed by atoms with Crippen molar-refractivity contribution >= 4 is 15.7 Å². The quantitative estimate of drug-likeness (QED) is 0.715. The molecule has 0 amide bonds. The Balaban J connectivity index is 1.81. The van der Waals surface area contributed by atoms with E-state index in [2.05, 4.69) is 9.82 Å². The fourth-order valence-corrected chi connectivity index (χ4v) is 5.00. The van der Waals surface area contributed by atoms with Crippen LogP contribution in [0.2, 0.25) is 0 Å². The van der Waals surface area contributed by atoms with Crippen LogP contribution in [0.4, 0.5) is 5.69 Å². The Hall–Kier alpha value is -2.60. The third-order valence-corrected chi connectivity index (χ3v) is 6.20. The van der Waals surface area contributed by atoms with Gasteiger partial charge in [-0.05, 0) is 69.5 Å². The summed E-state index contributed by atoms with van der Waals surface area (Å²) in [4.78, 5) is 0.347. The first kappa shape index (κ1) is 19.2. The molecule has 142 valence electrons. The van der Waals surface area contributed by atoms with Crippen LogP contribution in [0.15, 0.2) is 47.4 Å². The SMILES string of the molecule is Cc1cc(C)c(S(=O)(=O)Nc2ccc(Cn3nc(C)cc3C)cc2)c(C)c1. The van der Waals surface area contributed by atoms with Crippen LogP contribution in [0.3, 0.4) is 0 Å². The highest BCUT2D eigenvalue weighted by Crippen LogP contribution is 2.24. The van der Waals surface area contributed by atoms with Crippen molar-refractivity contribution in [1.29, 1.82) is 0 Å². The minimum absolute atomic E-state index is 0.347. The van der Waals surface area contributed by atoms with Crippen molar-refractivity contribution in [2.24, 2.45) is 0 Å². The summed E-state index contributed by atoms with van der Waals surface area (Å²) in [6, 6.07) is 13.2. The van der Waals surface area contributed by atoms with Gasteiger partial charge < -0.3 is 0 Å². The van der Waals surface area contributed by atoms with Gasteiger partial charge in [0.25, 0.3) is 10.0 Å². The molecule has 1 heterocycles. The Kier molecular flexibility index (Phi) is 5.11. The van der Waals surface area contributed by atoms with Gasteiger partial charge in [0, 0.05) is 11.4 Å². The van der Waals surface area contributed by atoms with E-state index in [0.29, 0.717) is 17.1 Å². The maximum atomic E-state index is 12.9. The zero-order chi connectivity index (χ0) is 19.8. The van der Waals surface area contributed by atoms with Gasteiger partial charge in [0.2, 0.25) is 0 Å². The van der Waals surface area contributed by atoms with Gasteiger partial charge in [0.1, 0.15) is 0 Å². The first-order valence-corrected chi connectivity index (χ1v) is 10.3. The number of hydrogen-bond donors (Lipinski definition) is 1. The molecule has 0 aliphatic rings. The Morgan fingerprint density at radius 3 is 2.04 bits per heavy atom. The number of benzene rings is 2. The van der Waals surface area contributed by atoms with Crippen LogP contribution < -0.4 is 4.72 Å². The summed E-state index contributed by atoms with van der Waals surface area (Å²) in [5.41, 5.74) is 6.25. The largest absolute Gasteiger partial charge is 0.280 e. The summed E-state index contributed by atoms with van der Waals surface area (Å²) >= 11 is 0. The summed E-state index contributed by atoms with van der Waals surface area (Å²) < 4.78 is 30.3. The lowest BCUT2D eigenvalue weighted by Crippen LogP contribution is -2.16. The normalized spacial score (nSPS) is 11.6. The van der Waals surface area contributed by atoms with E-state index in [1.54, 1.807) is 12.1 Å². The number of aryl methyl sites for hydroxylation is 5. The van der Waals surface area contributed by atoms with Gasteiger partial charge in [-0.2, -0.15) is 5.10 Å². The van der Waals surface area contributed by atoms with E-state index in [0.717, 1.165) is 33.6 Å². The van der Waals surface area contributed by atoms with Crippen LogP contribution in [0.1, 0.15) is 33.6 Å². The highest BCUT2D eigenvalue weighted by molar-refractivity contribution is 7.92. The van der Waals surface area contributed by atoms with Crippen molar-refractivity contribution in [3.8, 4) is 0 Å². The maximum absolute atomic E-state index is 12.9. The molecular formula is C21H25N3O2S. The van der Waals surface area contributed by atoms with Crippen LogP contribution in [0.5, 0.6) is 0 Å². The molecule has 0 aliphatic carbocycles. The summed E-state index contributed by atoms with van der Waals surface area (Å²) in [6.07, 6.45) is 0. The van der Waals surface area contributed by atoms with Crippen LogP contribution >= 0.6 is 0 Å². The van der Waals surface area contributed by atoms with E-state index in [4.69, 9.17) is 0 Å². The van der Waals surface area contributed by atoms with Gasteiger partial charge in [0.15, 0.2) is 0 Å². The lowest BCUT2D eigenvalue weighted by Gasteiger charge is -2.14. The van der Waals surface area contributed by atoms with E-state index in [9.17, 15) is 8.42 Å². The standard InChI is InChI=1S/C21H25N3O2S/c1-14-10-15(2)21(16(3)11-14)27(25,26)23-20-8-6-19(7-9-20)13-24-18(5)12-17(4)22-24/h6-12,23H,13H2,1-5H3. The molecule has 6 heteroatoms. The van der Waals surface area contributed by atoms with Crippen molar-refractivity contribution in [2.45, 2.75) is 46.1 Å². The second-order valence-electron chi connectivity index (χ2n) is 7.12. The van der Waals surface area contributed by atoms with Gasteiger partial charge in [0.05, 0.1) is 17.1 Å². The number of aromatic nitrogens is 2. The van der Waals surface area contributed by atoms with E-state index < -0.39 is 10.0 Å². The van der Waals surface area contributed by atoms with Crippen molar-refractivity contribution < 1.29 is 8.42 Å². The predicted molar refractivity (Wildman–Crippen MR) is 109 cm³/mol. The van der Waals surface area contributed by atoms with Crippen molar-refractivity contribution in [3.63, 3.8) is 0 Å². The van der Waals surface area contributed by atoms with Crippen LogP contribution in [-0.4, -0.2) is 18.2 Å². The van der Waals surface area contributed by atoms with Gasteiger partial charge in [-0.3, -0.25) is 9.40 Å². The average Bonchev–Trinajstić information content (AvgIpc) is 2.85. The molecule has 0 atom stereocenters. The number of sulfonamides is 1. The highest BCUT2D eigenvalue weighted by Gasteiger charge is 2.20. The van der Waals surface area contributed by atoms with Crippen molar-refractivity contribution in [3.05, 3.63) is 76.1 Å². The van der Waals surface area contributed by atoms with Crippen LogP contribution in [-0.2, 0) is 16.6 Å². The molecule has 0 fully saturated rings. The molecule has 5 nitrogen and oxygen atoms in total. The number of hydrogen-bond acceptors (Lipinski definition) is 3. The van der Waals surface area contributed by atoms with Gasteiger partial charge >= 0.3 is 0 Å². The predicted octanol–water partition coefficient (Wildman–Crippen LogP) is 4.27. The molecule has 0 spiro atoms. The molecule has 0 saturated heterocycles. The number of nitrogens with zero attached hydrogens (tertiary/aromatic N) is 2. The van der Waals surface area contributed by atoms with Crippen molar-refractivity contribution in [2.75, 3.05) is 4.72 Å². The summed E-state index contributed by atoms with van der Waals surface area (Å²) in [6.45, 7) is 10.3. The molecular weight excluding hydrogens is 358 g/mol. The first-order valence-electron chi connectivity index (χ1n) is 8.86. The van der Waals surface area contributed by atoms with E-state index >= 15 is 0 Å². The summed E-state index contributed by atoms with van der Waals surface area (Å²) in [5.74, 6) is 0. The fourth-order valence-electron chi connectivity index (χ4n) is 3.48. The molecule has 0 aliphatic heterocycles.